The van der Waals surface area contributed by atoms with Gasteiger partial charge in [-0.15, -0.1) is 0 Å². The molecule has 0 fully saturated rings. The number of para-hydroxylation sites is 2. The summed E-state index contributed by atoms with van der Waals surface area (Å²) in [5.74, 6) is 0.872. The summed E-state index contributed by atoms with van der Waals surface area (Å²) < 4.78 is 5.48. The number of carbonyl (C=O) groups excluding carboxylic acids is 1. The van der Waals surface area contributed by atoms with Crippen LogP contribution >= 0.6 is 0 Å². The summed E-state index contributed by atoms with van der Waals surface area (Å²) in [7, 11) is 0. The summed E-state index contributed by atoms with van der Waals surface area (Å²) in [5, 5.41) is 3.07. The second-order valence-electron chi connectivity index (χ2n) is 5.02. The van der Waals surface area contributed by atoms with Gasteiger partial charge in [0, 0.05) is 11.6 Å². The Morgan fingerprint density at radius 1 is 1.33 bits per heavy atom. The zero-order valence-corrected chi connectivity index (χ0v) is 11.5. The van der Waals surface area contributed by atoms with Gasteiger partial charge in [0.05, 0.1) is 12.3 Å². The average Bonchev–Trinajstić information content (AvgIpc) is 2.30. The molecule has 0 saturated carbocycles. The second kappa shape index (κ2) is 6.24. The molecule has 0 aliphatic carbocycles. The van der Waals surface area contributed by atoms with Gasteiger partial charge >= 0.3 is 0 Å². The molecule has 0 unspecified atom stereocenters. The minimum atomic E-state index is -0.350. The van der Waals surface area contributed by atoms with Crippen LogP contribution in [0.4, 0.5) is 5.69 Å². The molecule has 1 rings (SSSR count). The Morgan fingerprint density at radius 3 is 2.61 bits per heavy atom. The monoisotopic (exact) mass is 247 g/mol. The Hall–Kier alpha value is -1.77. The van der Waals surface area contributed by atoms with Crippen LogP contribution in [-0.4, -0.2) is 12.4 Å². The maximum atomic E-state index is 11.7. The van der Waals surface area contributed by atoms with E-state index in [0.29, 0.717) is 6.61 Å². The molecule has 0 heterocycles. The third kappa shape index (κ3) is 4.24. The number of carbonyl (C=O) groups is 1. The summed E-state index contributed by atoms with van der Waals surface area (Å²) in [6, 6.07) is 7.65. The van der Waals surface area contributed by atoms with Gasteiger partial charge in [-0.05, 0) is 25.1 Å². The Bertz CT molecular complexity index is 430. The van der Waals surface area contributed by atoms with Crippen LogP contribution in [-0.2, 0) is 4.79 Å². The Kier molecular flexibility index (Phi) is 4.95. The van der Waals surface area contributed by atoms with Crippen molar-refractivity contribution >= 4 is 11.5 Å². The van der Waals surface area contributed by atoms with Crippen LogP contribution in [0.25, 0.3) is 0 Å². The number of benzene rings is 1. The summed E-state index contributed by atoms with van der Waals surface area (Å²) in [6.45, 7) is 8.24. The highest BCUT2D eigenvalue weighted by molar-refractivity contribution is 5.94. The maximum absolute atomic E-state index is 11.7. The van der Waals surface area contributed by atoms with Crippen molar-refractivity contribution in [2.75, 3.05) is 11.9 Å². The first-order chi connectivity index (χ1) is 8.45. The SMILES string of the molecule is CCOc1ccccc1NC=CC(=O)C(C)(C)C. The minimum Gasteiger partial charge on any atom is -0.492 e. The van der Waals surface area contributed by atoms with E-state index >= 15 is 0 Å². The lowest BCUT2D eigenvalue weighted by atomic mass is 9.91. The molecule has 0 amide bonds. The van der Waals surface area contributed by atoms with Gasteiger partial charge in [0.1, 0.15) is 5.75 Å². The van der Waals surface area contributed by atoms with E-state index < -0.39 is 0 Å². The van der Waals surface area contributed by atoms with E-state index in [-0.39, 0.29) is 11.2 Å². The molecule has 0 radical (unpaired) electrons. The second-order valence-corrected chi connectivity index (χ2v) is 5.02. The van der Waals surface area contributed by atoms with Gasteiger partial charge in [0.15, 0.2) is 5.78 Å². The number of hydrogen-bond acceptors (Lipinski definition) is 3. The summed E-state index contributed by atoms with van der Waals surface area (Å²) in [4.78, 5) is 11.7. The van der Waals surface area contributed by atoms with Crippen LogP contribution in [0.3, 0.4) is 0 Å². The minimum absolute atomic E-state index is 0.0869. The zero-order valence-electron chi connectivity index (χ0n) is 11.5. The number of nitrogens with one attached hydrogen (secondary N) is 1. The molecular weight excluding hydrogens is 226 g/mol. The third-order valence-electron chi connectivity index (χ3n) is 2.40. The largest absolute Gasteiger partial charge is 0.492 e. The van der Waals surface area contributed by atoms with Gasteiger partial charge in [-0.25, -0.2) is 0 Å². The molecule has 0 bridgehead atoms. The number of ketones is 1. The van der Waals surface area contributed by atoms with Crippen LogP contribution in [0.1, 0.15) is 27.7 Å². The molecule has 1 aromatic carbocycles. The summed E-state index contributed by atoms with van der Waals surface area (Å²) in [6.07, 6.45) is 3.22. The topological polar surface area (TPSA) is 38.3 Å². The van der Waals surface area contributed by atoms with E-state index in [0.717, 1.165) is 11.4 Å². The van der Waals surface area contributed by atoms with E-state index in [9.17, 15) is 4.79 Å². The van der Waals surface area contributed by atoms with Gasteiger partial charge in [-0.1, -0.05) is 32.9 Å². The fourth-order valence-electron chi connectivity index (χ4n) is 1.32. The van der Waals surface area contributed by atoms with Crippen LogP contribution in [0, 0.1) is 5.41 Å². The van der Waals surface area contributed by atoms with Gasteiger partial charge in [0.2, 0.25) is 0 Å². The first-order valence-electron chi connectivity index (χ1n) is 6.14. The van der Waals surface area contributed by atoms with Crippen molar-refractivity contribution in [3.8, 4) is 5.75 Å². The predicted octanol–water partition coefficient (Wildman–Crippen LogP) is 3.63. The smallest absolute Gasteiger partial charge is 0.162 e. The quantitative estimate of drug-likeness (QED) is 0.807. The molecule has 98 valence electrons. The third-order valence-corrected chi connectivity index (χ3v) is 2.40. The molecule has 0 aromatic heterocycles. The fourth-order valence-corrected chi connectivity index (χ4v) is 1.32. The van der Waals surface area contributed by atoms with Crippen molar-refractivity contribution in [3.63, 3.8) is 0 Å². The molecule has 3 nitrogen and oxygen atoms in total. The lowest BCUT2D eigenvalue weighted by molar-refractivity contribution is -0.121. The molecule has 0 saturated heterocycles. The average molecular weight is 247 g/mol. The number of allylic oxidation sites excluding steroid dienone is 1. The lowest BCUT2D eigenvalue weighted by Gasteiger charge is -2.13. The van der Waals surface area contributed by atoms with E-state index in [4.69, 9.17) is 4.74 Å². The Labute approximate surface area is 109 Å². The van der Waals surface area contributed by atoms with Crippen LogP contribution in [0.5, 0.6) is 5.75 Å². The van der Waals surface area contributed by atoms with Crippen molar-refractivity contribution in [2.24, 2.45) is 5.41 Å². The highest BCUT2D eigenvalue weighted by Crippen LogP contribution is 2.23. The molecule has 1 aromatic rings. The molecular formula is C15H21NO2. The molecule has 1 N–H and O–H groups in total. The van der Waals surface area contributed by atoms with Crippen LogP contribution in [0.2, 0.25) is 0 Å². The van der Waals surface area contributed by atoms with Crippen molar-refractivity contribution in [3.05, 3.63) is 36.5 Å². The van der Waals surface area contributed by atoms with Crippen LogP contribution < -0.4 is 10.1 Å². The standard InChI is InChI=1S/C15H21NO2/c1-5-18-13-9-7-6-8-12(13)16-11-10-14(17)15(2,3)4/h6-11,16H,5H2,1-4H3. The molecule has 0 spiro atoms. The van der Waals surface area contributed by atoms with Gasteiger partial charge in [-0.2, -0.15) is 0 Å². The summed E-state index contributed by atoms with van der Waals surface area (Å²) in [5.41, 5.74) is 0.509. The van der Waals surface area contributed by atoms with Gasteiger partial charge in [0.25, 0.3) is 0 Å². The first-order valence-corrected chi connectivity index (χ1v) is 6.14. The Balaban J connectivity index is 2.69. The fraction of sp³-hybridized carbons (Fsp3) is 0.400. The lowest BCUT2D eigenvalue weighted by Crippen LogP contribution is -2.17. The molecule has 0 atom stereocenters. The highest BCUT2D eigenvalue weighted by atomic mass is 16.5. The maximum Gasteiger partial charge on any atom is 0.162 e. The van der Waals surface area contributed by atoms with E-state index in [1.54, 1.807) is 12.3 Å². The van der Waals surface area contributed by atoms with Crippen LogP contribution in [0.15, 0.2) is 36.5 Å². The molecule has 18 heavy (non-hydrogen) atoms. The van der Waals surface area contributed by atoms with Crippen molar-refractivity contribution in [1.82, 2.24) is 0 Å². The van der Waals surface area contributed by atoms with Crippen molar-refractivity contribution < 1.29 is 9.53 Å². The first kappa shape index (κ1) is 14.3. The van der Waals surface area contributed by atoms with Crippen molar-refractivity contribution in [1.29, 1.82) is 0 Å². The van der Waals surface area contributed by atoms with E-state index in [1.807, 2.05) is 52.0 Å². The zero-order chi connectivity index (χ0) is 13.6. The van der Waals surface area contributed by atoms with E-state index in [1.165, 1.54) is 0 Å². The predicted molar refractivity (Wildman–Crippen MR) is 74.8 cm³/mol. The molecule has 0 aliphatic heterocycles. The number of ether oxygens (including phenoxy) is 1. The Morgan fingerprint density at radius 2 is 2.00 bits per heavy atom. The molecule has 0 aliphatic rings. The highest BCUT2D eigenvalue weighted by Gasteiger charge is 2.17. The number of hydrogen-bond donors (Lipinski definition) is 1. The number of rotatable bonds is 5. The number of anilines is 1. The summed E-state index contributed by atoms with van der Waals surface area (Å²) >= 11 is 0. The normalized spacial score (nSPS) is 11.6. The van der Waals surface area contributed by atoms with Crippen molar-refractivity contribution in [2.45, 2.75) is 27.7 Å². The van der Waals surface area contributed by atoms with E-state index in [2.05, 4.69) is 5.32 Å². The van der Waals surface area contributed by atoms with Gasteiger partial charge < -0.3 is 10.1 Å². The molecule has 3 heteroatoms. The van der Waals surface area contributed by atoms with Gasteiger partial charge in [-0.3, -0.25) is 4.79 Å².